The van der Waals surface area contributed by atoms with Crippen LogP contribution in [0.2, 0.25) is 15.1 Å². The van der Waals surface area contributed by atoms with E-state index in [1.165, 1.54) is 24.3 Å². The van der Waals surface area contributed by atoms with Crippen LogP contribution in [0, 0.1) is 11.2 Å². The number of fused-ring (bicyclic) bond motifs is 1. The smallest absolute Gasteiger partial charge is 0.272 e. The Morgan fingerprint density at radius 3 is 2.52 bits per heavy atom. The van der Waals surface area contributed by atoms with E-state index < -0.39 is 30.2 Å². The van der Waals surface area contributed by atoms with Crippen LogP contribution in [-0.2, 0) is 23.1 Å². The summed E-state index contributed by atoms with van der Waals surface area (Å²) < 4.78 is 51.7. The van der Waals surface area contributed by atoms with Crippen molar-refractivity contribution < 1.29 is 32.2 Å². The molecule has 1 aromatic heterocycles. The van der Waals surface area contributed by atoms with Crippen LogP contribution >= 0.6 is 34.8 Å². The van der Waals surface area contributed by atoms with Crippen LogP contribution in [0.15, 0.2) is 42.5 Å². The van der Waals surface area contributed by atoms with Gasteiger partial charge in [0, 0.05) is 25.3 Å². The third-order valence-electron chi connectivity index (χ3n) is 7.01. The lowest BCUT2D eigenvalue weighted by atomic mass is 9.87. The summed E-state index contributed by atoms with van der Waals surface area (Å²) in [5, 5.41) is 8.83. The first-order valence-electron chi connectivity index (χ1n) is 13.1. The fourth-order valence-corrected chi connectivity index (χ4v) is 5.15. The molecule has 232 valence electrons. The lowest BCUT2D eigenvalue weighted by Crippen LogP contribution is -2.51. The third kappa shape index (κ3) is 6.53. The van der Waals surface area contributed by atoms with Gasteiger partial charge in [0.05, 0.1) is 56.0 Å². The molecule has 0 radical (unpaired) electrons. The highest BCUT2D eigenvalue weighted by Gasteiger charge is 2.40. The van der Waals surface area contributed by atoms with E-state index in [-0.39, 0.29) is 50.5 Å². The largest absolute Gasteiger partial charge is 0.487 e. The first-order valence-corrected chi connectivity index (χ1v) is 14.3. The number of rotatable bonds is 10. The molecule has 9 nitrogen and oxygen atoms in total. The highest BCUT2D eigenvalue weighted by atomic mass is 35.5. The standard InChI is InChI=1S/C29H25Cl3F3N5O4/c1-29(12-43-13-29)27(42)36-10-14-3-5-17(30)25(24(14)32)39-28-38-20-8-16(22(44-11-23(34)35)9-21(20)40(28)2)26(41)37-15-4-6-19(33)18(31)7-15/h3-9,23H,10-13H2,1-2H3,(H,36,42)(H,37,41)(H,38,39). The van der Waals surface area contributed by atoms with Gasteiger partial charge in [-0.05, 0) is 42.8 Å². The SMILES string of the molecule is Cn1c(Nc2c(Cl)ccc(CNC(=O)C3(C)COC3)c2Cl)nc2cc(C(=O)Nc3ccc(F)c(Cl)c3)c(OCC(F)F)cc21. The molecule has 1 fully saturated rings. The van der Waals surface area contributed by atoms with Gasteiger partial charge in [-0.15, -0.1) is 0 Å². The molecule has 0 saturated carbocycles. The van der Waals surface area contributed by atoms with Crippen LogP contribution in [0.25, 0.3) is 11.0 Å². The minimum absolute atomic E-state index is 0.0948. The zero-order valence-electron chi connectivity index (χ0n) is 23.2. The number of alkyl halides is 2. The number of carbonyl (C=O) groups excluding carboxylic acids is 2. The molecule has 0 aliphatic carbocycles. The minimum atomic E-state index is -2.80. The fraction of sp³-hybridized carbons (Fsp3) is 0.276. The number of carbonyl (C=O) groups is 2. The van der Waals surface area contributed by atoms with Crippen molar-refractivity contribution in [2.24, 2.45) is 12.5 Å². The summed E-state index contributed by atoms with van der Waals surface area (Å²) in [4.78, 5) is 30.3. The van der Waals surface area contributed by atoms with Gasteiger partial charge < -0.3 is 30.0 Å². The van der Waals surface area contributed by atoms with Crippen LogP contribution in [0.3, 0.4) is 0 Å². The summed E-state index contributed by atoms with van der Waals surface area (Å²) >= 11 is 19.0. The van der Waals surface area contributed by atoms with Gasteiger partial charge in [-0.2, -0.15) is 0 Å². The highest BCUT2D eigenvalue weighted by molar-refractivity contribution is 6.39. The normalized spacial score (nSPS) is 13.9. The second-order valence-electron chi connectivity index (χ2n) is 10.4. The zero-order valence-corrected chi connectivity index (χ0v) is 25.5. The van der Waals surface area contributed by atoms with E-state index in [1.54, 1.807) is 23.7 Å². The van der Waals surface area contributed by atoms with E-state index in [2.05, 4.69) is 20.9 Å². The zero-order chi connectivity index (χ0) is 31.8. The average molecular weight is 671 g/mol. The Bertz CT molecular complexity index is 1760. The van der Waals surface area contributed by atoms with Crippen molar-refractivity contribution in [1.29, 1.82) is 0 Å². The van der Waals surface area contributed by atoms with E-state index in [0.29, 0.717) is 35.5 Å². The molecule has 4 aromatic rings. The number of imidazole rings is 1. The lowest BCUT2D eigenvalue weighted by molar-refractivity contribution is -0.157. The van der Waals surface area contributed by atoms with Crippen molar-refractivity contribution in [1.82, 2.24) is 14.9 Å². The van der Waals surface area contributed by atoms with Crippen molar-refractivity contribution in [3.05, 3.63) is 74.5 Å². The van der Waals surface area contributed by atoms with Crippen molar-refractivity contribution in [2.45, 2.75) is 19.9 Å². The Morgan fingerprint density at radius 2 is 1.86 bits per heavy atom. The Morgan fingerprint density at radius 1 is 1.11 bits per heavy atom. The van der Waals surface area contributed by atoms with Gasteiger partial charge in [0.1, 0.15) is 18.2 Å². The van der Waals surface area contributed by atoms with Gasteiger partial charge in [0.25, 0.3) is 12.3 Å². The van der Waals surface area contributed by atoms with Crippen molar-refractivity contribution in [2.75, 3.05) is 30.5 Å². The number of aryl methyl sites for hydroxylation is 1. The molecule has 1 aliphatic rings. The molecule has 1 aliphatic heterocycles. The molecule has 2 heterocycles. The van der Waals surface area contributed by atoms with Crippen molar-refractivity contribution >= 4 is 75.0 Å². The second kappa shape index (κ2) is 12.7. The molecular formula is C29H25Cl3F3N5O4. The van der Waals surface area contributed by atoms with Gasteiger partial charge >= 0.3 is 0 Å². The molecule has 0 atom stereocenters. The van der Waals surface area contributed by atoms with Crippen molar-refractivity contribution in [3.8, 4) is 5.75 Å². The summed E-state index contributed by atoms with van der Waals surface area (Å²) in [5.41, 5.74) is 1.15. The number of anilines is 3. The summed E-state index contributed by atoms with van der Waals surface area (Å²) in [6.45, 7) is 1.67. The molecule has 2 amide bonds. The number of ether oxygens (including phenoxy) is 2. The van der Waals surface area contributed by atoms with Crippen molar-refractivity contribution in [3.63, 3.8) is 0 Å². The summed E-state index contributed by atoms with van der Waals surface area (Å²) in [6, 6.07) is 9.68. The Balaban J connectivity index is 1.44. The Hall–Kier alpha value is -3.71. The summed E-state index contributed by atoms with van der Waals surface area (Å²) in [5.74, 6) is -1.42. The Labute approximate surface area is 264 Å². The first kappa shape index (κ1) is 31.7. The predicted molar refractivity (Wildman–Crippen MR) is 162 cm³/mol. The molecule has 0 bridgehead atoms. The van der Waals surface area contributed by atoms with Crippen LogP contribution in [0.4, 0.5) is 30.5 Å². The second-order valence-corrected chi connectivity index (χ2v) is 11.6. The quantitative estimate of drug-likeness (QED) is 0.168. The average Bonchev–Trinajstić information content (AvgIpc) is 3.27. The molecule has 3 aromatic carbocycles. The maximum Gasteiger partial charge on any atom is 0.272 e. The molecule has 0 spiro atoms. The van der Waals surface area contributed by atoms with E-state index in [0.717, 1.165) is 6.07 Å². The number of nitrogens with zero attached hydrogens (tertiary/aromatic N) is 2. The number of hydrogen-bond donors (Lipinski definition) is 3. The van der Waals surface area contributed by atoms with Crippen LogP contribution in [0.1, 0.15) is 22.8 Å². The van der Waals surface area contributed by atoms with Crippen LogP contribution in [-0.4, -0.2) is 47.6 Å². The number of nitrogens with one attached hydrogen (secondary N) is 3. The van der Waals surface area contributed by atoms with Gasteiger partial charge in [-0.25, -0.2) is 18.2 Å². The first-order chi connectivity index (χ1) is 20.9. The maximum absolute atomic E-state index is 13.6. The highest BCUT2D eigenvalue weighted by Crippen LogP contribution is 2.37. The number of benzene rings is 3. The molecule has 5 rings (SSSR count). The van der Waals surface area contributed by atoms with E-state index in [1.807, 2.05) is 6.92 Å². The number of halogens is 6. The van der Waals surface area contributed by atoms with Gasteiger partial charge in [0.15, 0.2) is 0 Å². The Kier molecular flexibility index (Phi) is 9.17. The van der Waals surface area contributed by atoms with E-state index >= 15 is 0 Å². The fourth-order valence-electron chi connectivity index (χ4n) is 4.44. The molecule has 44 heavy (non-hydrogen) atoms. The number of hydrogen-bond acceptors (Lipinski definition) is 6. The maximum atomic E-state index is 13.6. The molecule has 1 saturated heterocycles. The predicted octanol–water partition coefficient (Wildman–Crippen LogP) is 6.97. The van der Waals surface area contributed by atoms with E-state index in [9.17, 15) is 22.8 Å². The molecular weight excluding hydrogens is 646 g/mol. The summed E-state index contributed by atoms with van der Waals surface area (Å²) in [7, 11) is 1.65. The van der Waals surface area contributed by atoms with Crippen LogP contribution < -0.4 is 20.7 Å². The lowest BCUT2D eigenvalue weighted by Gasteiger charge is -2.36. The third-order valence-corrected chi connectivity index (χ3v) is 8.04. The summed E-state index contributed by atoms with van der Waals surface area (Å²) in [6.07, 6.45) is -2.80. The topological polar surface area (TPSA) is 107 Å². The minimum Gasteiger partial charge on any atom is -0.487 e. The van der Waals surface area contributed by atoms with Gasteiger partial charge in [-0.1, -0.05) is 40.9 Å². The van der Waals surface area contributed by atoms with Gasteiger partial charge in [0.2, 0.25) is 11.9 Å². The molecule has 15 heteroatoms. The van der Waals surface area contributed by atoms with Crippen LogP contribution in [0.5, 0.6) is 5.75 Å². The monoisotopic (exact) mass is 669 g/mol. The molecule has 0 unspecified atom stereocenters. The number of amides is 2. The van der Waals surface area contributed by atoms with E-state index in [4.69, 9.17) is 44.3 Å². The number of aromatic nitrogens is 2. The van der Waals surface area contributed by atoms with Gasteiger partial charge in [-0.3, -0.25) is 9.59 Å². The molecule has 3 N–H and O–H groups in total.